The van der Waals surface area contributed by atoms with Crippen LogP contribution in [0.4, 0.5) is 0 Å². The Hall–Kier alpha value is 0. The summed E-state index contributed by atoms with van der Waals surface area (Å²) in [6, 6.07) is 0. The highest BCUT2D eigenvalue weighted by Gasteiger charge is 2.19. The lowest BCUT2D eigenvalue weighted by Crippen LogP contribution is -2.14. The first-order valence-corrected chi connectivity index (χ1v) is 6.12. The van der Waals surface area contributed by atoms with Crippen LogP contribution >= 0.6 is 0 Å². The first-order chi connectivity index (χ1) is 6.33. The molecule has 0 aliphatic heterocycles. The summed E-state index contributed by atoms with van der Waals surface area (Å²) < 4.78 is 0. The van der Waals surface area contributed by atoms with Crippen LogP contribution in [0.25, 0.3) is 0 Å². The molecule has 0 saturated heterocycles. The standard InChI is InChI=1S/C14H29/c1-7-10-14(5,6)12-9-11-13(3,4)8-2/h2,7-12H2,1,3-6H3. The molecule has 0 amide bonds. The zero-order chi connectivity index (χ0) is 11.2. The third-order valence-electron chi connectivity index (χ3n) is 3.31. The molecule has 0 aliphatic carbocycles. The molecule has 0 bridgehead atoms. The van der Waals surface area contributed by atoms with E-state index in [1.54, 1.807) is 0 Å². The fourth-order valence-corrected chi connectivity index (χ4v) is 1.97. The van der Waals surface area contributed by atoms with Crippen molar-refractivity contribution < 1.29 is 0 Å². The maximum absolute atomic E-state index is 4.01. The summed E-state index contributed by atoms with van der Waals surface area (Å²) >= 11 is 0. The Kier molecular flexibility index (Phi) is 5.78. The molecule has 1 radical (unpaired) electrons. The summed E-state index contributed by atoms with van der Waals surface area (Å²) in [7, 11) is 0. The lowest BCUT2D eigenvalue weighted by atomic mass is 9.78. The second kappa shape index (κ2) is 5.78. The van der Waals surface area contributed by atoms with Gasteiger partial charge in [0.05, 0.1) is 0 Å². The molecule has 0 aromatic carbocycles. The molecule has 0 heterocycles. The number of hydrogen-bond donors (Lipinski definition) is 0. The van der Waals surface area contributed by atoms with Gasteiger partial charge < -0.3 is 0 Å². The zero-order valence-electron chi connectivity index (χ0n) is 10.9. The van der Waals surface area contributed by atoms with E-state index in [1.165, 1.54) is 32.1 Å². The monoisotopic (exact) mass is 197 g/mol. The van der Waals surface area contributed by atoms with Crippen molar-refractivity contribution in [1.82, 2.24) is 0 Å². The Morgan fingerprint density at radius 3 is 1.79 bits per heavy atom. The van der Waals surface area contributed by atoms with Crippen LogP contribution in [0.1, 0.15) is 73.1 Å². The van der Waals surface area contributed by atoms with Crippen LogP contribution in [0.2, 0.25) is 0 Å². The van der Waals surface area contributed by atoms with Gasteiger partial charge in [0.1, 0.15) is 0 Å². The molecule has 0 spiro atoms. The molecule has 0 aliphatic rings. The molecule has 0 atom stereocenters. The van der Waals surface area contributed by atoms with Gasteiger partial charge in [0, 0.05) is 0 Å². The summed E-state index contributed by atoms with van der Waals surface area (Å²) in [6.07, 6.45) is 7.77. The highest BCUT2D eigenvalue weighted by Crippen LogP contribution is 2.33. The molecule has 14 heavy (non-hydrogen) atoms. The van der Waals surface area contributed by atoms with Crippen LogP contribution < -0.4 is 0 Å². The molecule has 0 aromatic heterocycles. The van der Waals surface area contributed by atoms with Gasteiger partial charge in [0.15, 0.2) is 0 Å². The van der Waals surface area contributed by atoms with Gasteiger partial charge in [-0.3, -0.25) is 0 Å². The predicted molar refractivity (Wildman–Crippen MR) is 66.3 cm³/mol. The Labute approximate surface area is 91.5 Å². The number of hydrogen-bond acceptors (Lipinski definition) is 0. The predicted octanol–water partition coefficient (Wildman–Crippen LogP) is 5.23. The van der Waals surface area contributed by atoms with Gasteiger partial charge in [-0.2, -0.15) is 0 Å². The fourth-order valence-electron chi connectivity index (χ4n) is 1.97. The average Bonchev–Trinajstić information content (AvgIpc) is 2.03. The largest absolute Gasteiger partial charge is 0.0654 e. The third-order valence-corrected chi connectivity index (χ3v) is 3.31. The van der Waals surface area contributed by atoms with Crippen LogP contribution in [0.5, 0.6) is 0 Å². The first-order valence-electron chi connectivity index (χ1n) is 6.12. The summed E-state index contributed by atoms with van der Waals surface area (Å²) in [6.45, 7) is 15.7. The van der Waals surface area contributed by atoms with E-state index in [0.29, 0.717) is 10.8 Å². The third kappa shape index (κ3) is 6.45. The van der Waals surface area contributed by atoms with Crippen molar-refractivity contribution >= 4 is 0 Å². The summed E-state index contributed by atoms with van der Waals surface area (Å²) in [5, 5.41) is 0. The van der Waals surface area contributed by atoms with E-state index in [1.807, 2.05) is 0 Å². The lowest BCUT2D eigenvalue weighted by Gasteiger charge is -2.27. The summed E-state index contributed by atoms with van der Waals surface area (Å²) in [5.41, 5.74) is 0.994. The van der Waals surface area contributed by atoms with Gasteiger partial charge in [0.25, 0.3) is 0 Å². The molecule has 0 N–H and O–H groups in total. The average molecular weight is 197 g/mol. The van der Waals surface area contributed by atoms with Crippen molar-refractivity contribution in [2.75, 3.05) is 0 Å². The second-order valence-corrected chi connectivity index (χ2v) is 6.18. The molecule has 0 rings (SSSR count). The minimum atomic E-state index is 0.447. The molecule has 85 valence electrons. The van der Waals surface area contributed by atoms with Crippen molar-refractivity contribution in [2.24, 2.45) is 10.8 Å². The Bertz CT molecular complexity index is 142. The first kappa shape index (κ1) is 14.0. The minimum absolute atomic E-state index is 0.447. The van der Waals surface area contributed by atoms with Crippen LogP contribution in [0, 0.1) is 17.8 Å². The molecule has 0 unspecified atom stereocenters. The highest BCUT2D eigenvalue weighted by atomic mass is 14.2. The smallest absolute Gasteiger partial charge is 0.0354 e. The quantitative estimate of drug-likeness (QED) is 0.524. The second-order valence-electron chi connectivity index (χ2n) is 6.18. The Morgan fingerprint density at radius 2 is 1.36 bits per heavy atom. The van der Waals surface area contributed by atoms with Crippen molar-refractivity contribution in [3.8, 4) is 0 Å². The molecule has 0 nitrogen and oxygen atoms in total. The van der Waals surface area contributed by atoms with Gasteiger partial charge in [-0.15, -0.1) is 0 Å². The van der Waals surface area contributed by atoms with Crippen molar-refractivity contribution in [1.29, 1.82) is 0 Å². The van der Waals surface area contributed by atoms with E-state index in [2.05, 4.69) is 41.5 Å². The van der Waals surface area contributed by atoms with Gasteiger partial charge >= 0.3 is 0 Å². The molecule has 0 heteroatoms. The van der Waals surface area contributed by atoms with Crippen LogP contribution in [-0.2, 0) is 0 Å². The Morgan fingerprint density at radius 1 is 0.857 bits per heavy atom. The summed E-state index contributed by atoms with van der Waals surface area (Å²) in [5.74, 6) is 0. The molecular formula is C14H29. The molecule has 0 aromatic rings. The number of rotatable bonds is 7. The van der Waals surface area contributed by atoms with Crippen molar-refractivity contribution in [3.63, 3.8) is 0 Å². The van der Waals surface area contributed by atoms with Crippen LogP contribution in [0.3, 0.4) is 0 Å². The molecule has 0 saturated carbocycles. The Balaban J connectivity index is 3.73. The van der Waals surface area contributed by atoms with Crippen molar-refractivity contribution in [3.05, 3.63) is 6.92 Å². The van der Waals surface area contributed by atoms with E-state index >= 15 is 0 Å². The minimum Gasteiger partial charge on any atom is -0.0654 e. The maximum atomic E-state index is 4.01. The zero-order valence-corrected chi connectivity index (χ0v) is 10.9. The molecular weight excluding hydrogens is 168 g/mol. The van der Waals surface area contributed by atoms with Gasteiger partial charge in [-0.25, -0.2) is 0 Å². The van der Waals surface area contributed by atoms with Crippen molar-refractivity contribution in [2.45, 2.75) is 73.1 Å². The van der Waals surface area contributed by atoms with Crippen LogP contribution in [-0.4, -0.2) is 0 Å². The highest BCUT2D eigenvalue weighted by molar-refractivity contribution is 4.73. The maximum Gasteiger partial charge on any atom is -0.0354 e. The fraction of sp³-hybridized carbons (Fsp3) is 0.929. The lowest BCUT2D eigenvalue weighted by molar-refractivity contribution is 0.253. The SMILES string of the molecule is [CH2]CC(C)(C)CCCC(C)(C)CCC. The molecule has 0 fully saturated rings. The van der Waals surface area contributed by atoms with E-state index in [9.17, 15) is 0 Å². The van der Waals surface area contributed by atoms with E-state index < -0.39 is 0 Å². The van der Waals surface area contributed by atoms with E-state index in [0.717, 1.165) is 6.42 Å². The van der Waals surface area contributed by atoms with Gasteiger partial charge in [0.2, 0.25) is 0 Å². The van der Waals surface area contributed by atoms with Gasteiger partial charge in [-0.05, 0) is 36.5 Å². The van der Waals surface area contributed by atoms with E-state index in [-0.39, 0.29) is 0 Å². The topological polar surface area (TPSA) is 0 Å². The normalized spacial score (nSPS) is 13.3. The van der Waals surface area contributed by atoms with Crippen LogP contribution in [0.15, 0.2) is 0 Å². The van der Waals surface area contributed by atoms with E-state index in [4.69, 9.17) is 0 Å². The summed E-state index contributed by atoms with van der Waals surface area (Å²) in [4.78, 5) is 0. The van der Waals surface area contributed by atoms with Gasteiger partial charge in [-0.1, -0.05) is 54.4 Å².